The maximum atomic E-state index is 12.7. The van der Waals surface area contributed by atoms with Crippen molar-refractivity contribution < 1.29 is 14.7 Å². The van der Waals surface area contributed by atoms with Gasteiger partial charge in [-0.3, -0.25) is 9.78 Å². The summed E-state index contributed by atoms with van der Waals surface area (Å²) in [5, 5.41) is 15.6. The van der Waals surface area contributed by atoms with Crippen LogP contribution in [0.5, 0.6) is 0 Å². The van der Waals surface area contributed by atoms with E-state index in [-0.39, 0.29) is 18.4 Å². The zero-order chi connectivity index (χ0) is 24.6. The number of carboxylic acid groups (broad SMARTS) is 1. The third-order valence-corrected chi connectivity index (χ3v) is 6.54. The third-order valence-electron chi connectivity index (χ3n) is 6.54. The van der Waals surface area contributed by atoms with Crippen molar-refractivity contribution >= 4 is 11.9 Å². The molecule has 2 aromatic heterocycles. The van der Waals surface area contributed by atoms with E-state index < -0.39 is 17.9 Å². The highest BCUT2D eigenvalue weighted by atomic mass is 16.4. The fraction of sp³-hybridized carbons (Fsp3) is 0.385. The summed E-state index contributed by atoms with van der Waals surface area (Å²) in [7, 11) is 0. The minimum atomic E-state index is -1.06. The van der Waals surface area contributed by atoms with Crippen molar-refractivity contribution in [2.45, 2.75) is 63.2 Å². The van der Waals surface area contributed by atoms with Gasteiger partial charge in [-0.2, -0.15) is 0 Å². The standard InChI is InChI=1S/C26H32N6O3/c27-21(20-5-1-3-18-4-2-12-31-24(18)20)10-11-22(26(34)35)32-25(33)19-8-6-17(7-9-19)15-28-16-23-29-13-14-30-23/h2,4,6-9,12-14,20-22,28H,1,3,5,10-11,15-16,27H2,(H,29,30)(H,32,33)(H,34,35)/t20?,21?,22-/m1/s1. The number of aromatic nitrogens is 3. The van der Waals surface area contributed by atoms with Crippen molar-refractivity contribution in [2.24, 2.45) is 5.73 Å². The van der Waals surface area contributed by atoms with Gasteiger partial charge in [0.2, 0.25) is 0 Å². The summed E-state index contributed by atoms with van der Waals surface area (Å²) in [5.74, 6) is -0.513. The maximum Gasteiger partial charge on any atom is 0.326 e. The molecule has 9 nitrogen and oxygen atoms in total. The average molecular weight is 477 g/mol. The highest BCUT2D eigenvalue weighted by Crippen LogP contribution is 2.33. The van der Waals surface area contributed by atoms with Crippen molar-refractivity contribution in [3.05, 3.63) is 83.2 Å². The third kappa shape index (κ3) is 6.52. The number of carboxylic acids is 1. The molecule has 1 aromatic carbocycles. The second-order valence-electron chi connectivity index (χ2n) is 8.99. The van der Waals surface area contributed by atoms with Gasteiger partial charge in [0.25, 0.3) is 5.91 Å². The molecule has 0 saturated carbocycles. The van der Waals surface area contributed by atoms with Gasteiger partial charge in [0.05, 0.1) is 6.54 Å². The van der Waals surface area contributed by atoms with E-state index in [1.807, 2.05) is 18.2 Å². The molecule has 9 heteroatoms. The molecule has 0 bridgehead atoms. The van der Waals surface area contributed by atoms with E-state index in [4.69, 9.17) is 5.73 Å². The fourth-order valence-electron chi connectivity index (χ4n) is 4.62. The summed E-state index contributed by atoms with van der Waals surface area (Å²) in [6, 6.07) is 9.91. The maximum absolute atomic E-state index is 12.7. The van der Waals surface area contributed by atoms with Crippen molar-refractivity contribution in [2.75, 3.05) is 0 Å². The van der Waals surface area contributed by atoms with E-state index in [0.717, 1.165) is 36.3 Å². The summed E-state index contributed by atoms with van der Waals surface area (Å²) in [6.45, 7) is 1.23. The molecule has 35 heavy (non-hydrogen) atoms. The smallest absolute Gasteiger partial charge is 0.326 e. The Morgan fingerprint density at radius 3 is 2.69 bits per heavy atom. The SMILES string of the molecule is NC(CC[C@@H](NC(=O)c1ccc(CNCc2ncc[nH]2)cc1)C(=O)O)C1CCCc2cccnc21. The Hall–Kier alpha value is -3.56. The van der Waals surface area contributed by atoms with E-state index in [2.05, 4.69) is 31.7 Å². The number of hydrogen-bond donors (Lipinski definition) is 5. The van der Waals surface area contributed by atoms with E-state index in [1.54, 1.807) is 30.7 Å². The molecule has 2 heterocycles. The molecular formula is C26H32N6O3. The van der Waals surface area contributed by atoms with Gasteiger partial charge in [0, 0.05) is 48.4 Å². The van der Waals surface area contributed by atoms with Crippen molar-refractivity contribution in [1.82, 2.24) is 25.6 Å². The second kappa shape index (κ2) is 11.7. The lowest BCUT2D eigenvalue weighted by atomic mass is 9.80. The van der Waals surface area contributed by atoms with Crippen LogP contribution >= 0.6 is 0 Å². The number of aliphatic carboxylic acids is 1. The first kappa shape index (κ1) is 24.6. The number of carbonyl (C=O) groups excluding carboxylic acids is 1. The fourth-order valence-corrected chi connectivity index (χ4v) is 4.62. The normalized spacial score (nSPS) is 16.8. The molecule has 3 atom stereocenters. The Kier molecular flexibility index (Phi) is 8.23. The van der Waals surface area contributed by atoms with Crippen molar-refractivity contribution in [3.63, 3.8) is 0 Å². The Balaban J connectivity index is 1.28. The van der Waals surface area contributed by atoms with Crippen LogP contribution in [0, 0.1) is 0 Å². The number of amides is 1. The number of nitrogens with one attached hydrogen (secondary N) is 3. The van der Waals surface area contributed by atoms with Gasteiger partial charge >= 0.3 is 5.97 Å². The summed E-state index contributed by atoms with van der Waals surface area (Å²) in [5.41, 5.74) is 10.2. The number of nitrogens with zero attached hydrogens (tertiary/aromatic N) is 2. The Morgan fingerprint density at radius 2 is 1.94 bits per heavy atom. The highest BCUT2D eigenvalue weighted by molar-refractivity contribution is 5.96. The van der Waals surface area contributed by atoms with Crippen molar-refractivity contribution in [3.8, 4) is 0 Å². The lowest BCUT2D eigenvalue weighted by molar-refractivity contribution is -0.139. The van der Waals surface area contributed by atoms with E-state index in [0.29, 0.717) is 25.1 Å². The molecule has 1 aliphatic carbocycles. The molecule has 184 valence electrons. The number of nitrogens with two attached hydrogens (primary N) is 1. The number of pyridine rings is 1. The zero-order valence-electron chi connectivity index (χ0n) is 19.6. The molecule has 0 fully saturated rings. The number of aromatic amines is 1. The zero-order valence-corrected chi connectivity index (χ0v) is 19.6. The van der Waals surface area contributed by atoms with Gasteiger partial charge in [-0.15, -0.1) is 0 Å². The first-order valence-electron chi connectivity index (χ1n) is 12.0. The van der Waals surface area contributed by atoms with Crippen LogP contribution in [-0.2, 0) is 24.3 Å². The number of H-pyrrole nitrogens is 1. The van der Waals surface area contributed by atoms with Crippen LogP contribution in [0.1, 0.15) is 64.6 Å². The van der Waals surface area contributed by atoms with E-state index in [9.17, 15) is 14.7 Å². The van der Waals surface area contributed by atoms with Crippen LogP contribution in [0.3, 0.4) is 0 Å². The number of hydrogen-bond acceptors (Lipinski definition) is 6. The summed E-state index contributed by atoms with van der Waals surface area (Å²) < 4.78 is 0. The van der Waals surface area contributed by atoms with Crippen LogP contribution < -0.4 is 16.4 Å². The van der Waals surface area contributed by atoms with Crippen LogP contribution in [0.25, 0.3) is 0 Å². The Morgan fingerprint density at radius 1 is 1.11 bits per heavy atom. The van der Waals surface area contributed by atoms with Crippen LogP contribution in [-0.4, -0.2) is 44.0 Å². The topological polar surface area (TPSA) is 146 Å². The number of aryl methyl sites for hydroxylation is 1. The summed E-state index contributed by atoms with van der Waals surface area (Å²) in [6.07, 6.45) is 8.99. The summed E-state index contributed by atoms with van der Waals surface area (Å²) in [4.78, 5) is 36.3. The number of imidazole rings is 1. The van der Waals surface area contributed by atoms with Gasteiger partial charge in [-0.25, -0.2) is 9.78 Å². The van der Waals surface area contributed by atoms with Crippen molar-refractivity contribution in [1.29, 1.82) is 0 Å². The monoisotopic (exact) mass is 476 g/mol. The Bertz CT molecular complexity index is 1120. The number of rotatable bonds is 11. The molecule has 4 rings (SSSR count). The number of carbonyl (C=O) groups is 2. The van der Waals surface area contributed by atoms with Gasteiger partial charge in [0.1, 0.15) is 11.9 Å². The van der Waals surface area contributed by atoms with Crippen LogP contribution in [0.15, 0.2) is 55.0 Å². The first-order chi connectivity index (χ1) is 17.0. The second-order valence-corrected chi connectivity index (χ2v) is 8.99. The lowest BCUT2D eigenvalue weighted by Gasteiger charge is -2.29. The molecular weight excluding hydrogens is 444 g/mol. The molecule has 2 unspecified atom stereocenters. The Labute approximate surface area is 204 Å². The van der Waals surface area contributed by atoms with E-state index >= 15 is 0 Å². The van der Waals surface area contributed by atoms with Gasteiger partial charge < -0.3 is 26.5 Å². The first-order valence-corrected chi connectivity index (χ1v) is 12.0. The van der Waals surface area contributed by atoms with Gasteiger partial charge in [-0.05, 0) is 61.4 Å². The predicted molar refractivity (Wildman–Crippen MR) is 132 cm³/mol. The number of benzene rings is 1. The predicted octanol–water partition coefficient (Wildman–Crippen LogP) is 2.51. The van der Waals surface area contributed by atoms with Gasteiger partial charge in [-0.1, -0.05) is 18.2 Å². The molecule has 0 aliphatic heterocycles. The molecule has 0 radical (unpaired) electrons. The summed E-state index contributed by atoms with van der Waals surface area (Å²) >= 11 is 0. The van der Waals surface area contributed by atoms with Crippen LogP contribution in [0.4, 0.5) is 0 Å². The largest absolute Gasteiger partial charge is 0.480 e. The lowest BCUT2D eigenvalue weighted by Crippen LogP contribution is -2.42. The molecule has 0 saturated heterocycles. The van der Waals surface area contributed by atoms with E-state index in [1.165, 1.54) is 5.56 Å². The molecule has 1 aliphatic rings. The number of fused-ring (bicyclic) bond motifs is 1. The molecule has 0 spiro atoms. The average Bonchev–Trinajstić information content (AvgIpc) is 3.39. The highest BCUT2D eigenvalue weighted by Gasteiger charge is 2.29. The molecule has 6 N–H and O–H groups in total. The molecule has 1 amide bonds. The minimum absolute atomic E-state index is 0.110. The molecule has 3 aromatic rings. The van der Waals surface area contributed by atoms with Gasteiger partial charge in [0.15, 0.2) is 0 Å². The van der Waals surface area contributed by atoms with Crippen LogP contribution in [0.2, 0.25) is 0 Å². The quantitative estimate of drug-likeness (QED) is 0.286. The minimum Gasteiger partial charge on any atom is -0.480 e.